The molecule has 0 aromatic heterocycles. The average Bonchev–Trinajstić information content (AvgIpc) is 2.52. The second-order valence-corrected chi connectivity index (χ2v) is 9.30. The first-order chi connectivity index (χ1) is 9.70. The Morgan fingerprint density at radius 1 is 1.14 bits per heavy atom. The highest BCUT2D eigenvalue weighted by atomic mass is 16.2. The summed E-state index contributed by atoms with van der Waals surface area (Å²) in [5.41, 5.74) is -0.340. The van der Waals surface area contributed by atoms with Gasteiger partial charge in [0.05, 0.1) is 6.04 Å². The molecule has 1 heterocycles. The second-order valence-electron chi connectivity index (χ2n) is 9.30. The number of carbonyl (C=O) groups is 2. The van der Waals surface area contributed by atoms with Gasteiger partial charge >= 0.3 is 6.03 Å². The van der Waals surface area contributed by atoms with Crippen LogP contribution < -0.4 is 10.6 Å². The number of carbonyl (C=O) groups excluding carboxylic acids is 2. The zero-order valence-corrected chi connectivity index (χ0v) is 15.5. The van der Waals surface area contributed by atoms with Crippen LogP contribution in [0.4, 0.5) is 4.79 Å². The third-order valence-electron chi connectivity index (χ3n) is 3.69. The molecule has 1 fully saturated rings. The van der Waals surface area contributed by atoms with Crippen LogP contribution in [0.3, 0.4) is 0 Å². The fraction of sp³-hybridized carbons (Fsp3) is 0.882. The van der Waals surface area contributed by atoms with E-state index in [2.05, 4.69) is 31.4 Å². The smallest absolute Gasteiger partial charge is 0.315 e. The normalized spacial score (nSPS) is 20.3. The molecule has 5 heteroatoms. The molecule has 1 saturated heterocycles. The summed E-state index contributed by atoms with van der Waals surface area (Å²) >= 11 is 0. The van der Waals surface area contributed by atoms with Gasteiger partial charge in [0.15, 0.2) is 0 Å². The van der Waals surface area contributed by atoms with E-state index in [-0.39, 0.29) is 34.5 Å². The molecule has 0 saturated carbocycles. The predicted octanol–water partition coefficient (Wildman–Crippen LogP) is 2.90. The van der Waals surface area contributed by atoms with E-state index in [1.807, 2.05) is 39.5 Å². The van der Waals surface area contributed by atoms with Crippen molar-refractivity contribution in [2.24, 2.45) is 5.41 Å². The highest BCUT2D eigenvalue weighted by Crippen LogP contribution is 2.27. The van der Waals surface area contributed by atoms with E-state index < -0.39 is 0 Å². The summed E-state index contributed by atoms with van der Waals surface area (Å²) in [5, 5.41) is 5.97. The van der Waals surface area contributed by atoms with Gasteiger partial charge in [0.1, 0.15) is 0 Å². The number of hydrogen-bond donors (Lipinski definition) is 2. The lowest BCUT2D eigenvalue weighted by molar-refractivity contribution is -0.131. The molecule has 1 atom stereocenters. The summed E-state index contributed by atoms with van der Waals surface area (Å²) in [6.07, 6.45) is 1.26. The summed E-state index contributed by atoms with van der Waals surface area (Å²) in [7, 11) is 0. The minimum Gasteiger partial charge on any atom is -0.336 e. The number of nitrogens with one attached hydrogen (secondary N) is 2. The summed E-state index contributed by atoms with van der Waals surface area (Å²) in [6.45, 7) is 17.1. The number of amides is 3. The largest absolute Gasteiger partial charge is 0.336 e. The van der Waals surface area contributed by atoms with Gasteiger partial charge in [0.2, 0.25) is 5.91 Å². The number of likely N-dealkylation sites (tertiary alicyclic amines) is 1. The molecule has 5 nitrogen and oxygen atoms in total. The fourth-order valence-corrected chi connectivity index (χ4v) is 3.35. The molecule has 0 radical (unpaired) electrons. The van der Waals surface area contributed by atoms with Crippen molar-refractivity contribution in [2.75, 3.05) is 6.54 Å². The molecule has 1 aliphatic rings. The van der Waals surface area contributed by atoms with Gasteiger partial charge in [-0.2, -0.15) is 0 Å². The molecule has 1 aliphatic heterocycles. The maximum atomic E-state index is 12.2. The number of hydrogen-bond acceptors (Lipinski definition) is 2. The number of urea groups is 1. The second kappa shape index (κ2) is 6.09. The third kappa shape index (κ3) is 5.85. The van der Waals surface area contributed by atoms with Crippen LogP contribution in [0.25, 0.3) is 0 Å². The van der Waals surface area contributed by atoms with Gasteiger partial charge in [-0.15, -0.1) is 0 Å². The first-order valence-corrected chi connectivity index (χ1v) is 8.09. The quantitative estimate of drug-likeness (QED) is 0.842. The third-order valence-corrected chi connectivity index (χ3v) is 3.69. The molecular formula is C17H33N3O2. The molecule has 1 unspecified atom stereocenters. The maximum absolute atomic E-state index is 12.2. The van der Waals surface area contributed by atoms with Crippen LogP contribution in [0.1, 0.15) is 68.2 Å². The predicted molar refractivity (Wildman–Crippen MR) is 89.7 cm³/mol. The molecule has 0 spiro atoms. The summed E-state index contributed by atoms with van der Waals surface area (Å²) in [5.74, 6) is 0.103. The molecule has 0 aliphatic carbocycles. The molecule has 0 aromatic carbocycles. The zero-order valence-electron chi connectivity index (χ0n) is 15.5. The Morgan fingerprint density at radius 3 is 2.09 bits per heavy atom. The standard InChI is InChI=1S/C17H33N3O2/c1-15(2,3)11-17(7,8)19-14(22)18-12-9-13(21)20(10-12)16(4,5)6/h12H,9-11H2,1-8H3,(H2,18,19,22). The van der Waals surface area contributed by atoms with E-state index in [0.717, 1.165) is 6.42 Å². The van der Waals surface area contributed by atoms with Crippen LogP contribution in [0, 0.1) is 5.41 Å². The minimum absolute atomic E-state index is 0.103. The molecule has 22 heavy (non-hydrogen) atoms. The highest BCUT2D eigenvalue weighted by Gasteiger charge is 2.37. The van der Waals surface area contributed by atoms with Gasteiger partial charge in [0.25, 0.3) is 0 Å². The van der Waals surface area contributed by atoms with Gasteiger partial charge in [-0.25, -0.2) is 4.79 Å². The van der Waals surface area contributed by atoms with Crippen molar-refractivity contribution in [1.82, 2.24) is 15.5 Å². The van der Waals surface area contributed by atoms with Crippen molar-refractivity contribution in [3.63, 3.8) is 0 Å². The van der Waals surface area contributed by atoms with Crippen molar-refractivity contribution < 1.29 is 9.59 Å². The van der Waals surface area contributed by atoms with Crippen molar-refractivity contribution in [3.05, 3.63) is 0 Å². The van der Waals surface area contributed by atoms with E-state index in [9.17, 15) is 9.59 Å². The van der Waals surface area contributed by atoms with Crippen LogP contribution in [-0.2, 0) is 4.79 Å². The summed E-state index contributed by atoms with van der Waals surface area (Å²) < 4.78 is 0. The van der Waals surface area contributed by atoms with Gasteiger partial charge in [0, 0.05) is 24.0 Å². The van der Waals surface area contributed by atoms with Gasteiger partial charge in [-0.3, -0.25) is 4.79 Å². The van der Waals surface area contributed by atoms with Crippen molar-refractivity contribution in [2.45, 2.75) is 85.4 Å². The average molecular weight is 311 g/mol. The molecule has 128 valence electrons. The van der Waals surface area contributed by atoms with Crippen LogP contribution in [0.2, 0.25) is 0 Å². The lowest BCUT2D eigenvalue weighted by atomic mass is 9.82. The van der Waals surface area contributed by atoms with Gasteiger partial charge in [-0.1, -0.05) is 20.8 Å². The van der Waals surface area contributed by atoms with Crippen LogP contribution in [-0.4, -0.2) is 40.5 Å². The molecule has 0 bridgehead atoms. The Labute approximate surface area is 135 Å². The van der Waals surface area contributed by atoms with Crippen molar-refractivity contribution in [3.8, 4) is 0 Å². The molecule has 2 N–H and O–H groups in total. The van der Waals surface area contributed by atoms with E-state index >= 15 is 0 Å². The van der Waals surface area contributed by atoms with Crippen LogP contribution >= 0.6 is 0 Å². The topological polar surface area (TPSA) is 61.4 Å². The van der Waals surface area contributed by atoms with Crippen LogP contribution in [0.5, 0.6) is 0 Å². The van der Waals surface area contributed by atoms with Gasteiger partial charge in [-0.05, 0) is 46.5 Å². The Bertz CT molecular complexity index is 430. The lowest BCUT2D eigenvalue weighted by Crippen LogP contribution is -2.53. The maximum Gasteiger partial charge on any atom is 0.315 e. The molecule has 0 aromatic rings. The van der Waals surface area contributed by atoms with Crippen molar-refractivity contribution >= 4 is 11.9 Å². The van der Waals surface area contributed by atoms with E-state index in [1.165, 1.54) is 0 Å². The van der Waals surface area contributed by atoms with Gasteiger partial charge < -0.3 is 15.5 Å². The first-order valence-electron chi connectivity index (χ1n) is 8.09. The number of nitrogens with zero attached hydrogens (tertiary/aromatic N) is 1. The first kappa shape index (κ1) is 18.8. The minimum atomic E-state index is -0.283. The summed E-state index contributed by atoms with van der Waals surface area (Å²) in [4.78, 5) is 26.1. The molecular weight excluding hydrogens is 278 g/mol. The Hall–Kier alpha value is -1.26. The van der Waals surface area contributed by atoms with Crippen molar-refractivity contribution in [1.29, 1.82) is 0 Å². The fourth-order valence-electron chi connectivity index (χ4n) is 3.35. The monoisotopic (exact) mass is 311 g/mol. The number of rotatable bonds is 3. The van der Waals surface area contributed by atoms with Crippen LogP contribution in [0.15, 0.2) is 0 Å². The van der Waals surface area contributed by atoms with E-state index in [1.54, 1.807) is 0 Å². The SMILES string of the molecule is CC(C)(C)CC(C)(C)NC(=O)NC1CC(=O)N(C(C)(C)C)C1. The van der Waals surface area contributed by atoms with E-state index in [0.29, 0.717) is 13.0 Å². The van der Waals surface area contributed by atoms with E-state index in [4.69, 9.17) is 0 Å². The Kier molecular flexibility index (Phi) is 5.20. The summed E-state index contributed by atoms with van der Waals surface area (Å²) in [6, 6.07) is -0.306. The zero-order chi connectivity index (χ0) is 17.3. The molecule has 1 rings (SSSR count). The Balaban J connectivity index is 2.55. The Morgan fingerprint density at radius 2 is 1.68 bits per heavy atom. The molecule has 3 amide bonds. The highest BCUT2D eigenvalue weighted by molar-refractivity contribution is 5.82. The lowest BCUT2D eigenvalue weighted by Gasteiger charge is -2.34.